The zero-order valence-electron chi connectivity index (χ0n) is 28.6. The molecule has 0 nitrogen and oxygen atoms in total. The molecule has 0 heteroatoms. The molecule has 0 radical (unpaired) electrons. The molecule has 0 amide bonds. The minimum Gasteiger partial charge on any atom is -0.0622 e. The Morgan fingerprint density at radius 1 is 0.320 bits per heavy atom. The number of aryl methyl sites for hydroxylation is 1. The summed E-state index contributed by atoms with van der Waals surface area (Å²) in [6, 6.07) is 61.2. The van der Waals surface area contributed by atoms with Gasteiger partial charge in [-0.25, -0.2) is 0 Å². The van der Waals surface area contributed by atoms with E-state index in [0.29, 0.717) is 0 Å². The van der Waals surface area contributed by atoms with Crippen molar-refractivity contribution in [1.29, 1.82) is 0 Å². The lowest BCUT2D eigenvalue weighted by molar-refractivity contribution is 0.660. The largest absolute Gasteiger partial charge is 0.0622 e. The summed E-state index contributed by atoms with van der Waals surface area (Å²) >= 11 is 0. The van der Waals surface area contributed by atoms with Crippen molar-refractivity contribution in [3.05, 3.63) is 180 Å². The van der Waals surface area contributed by atoms with Gasteiger partial charge in [0, 0.05) is 5.41 Å². The summed E-state index contributed by atoms with van der Waals surface area (Å²) in [5.41, 5.74) is 14.5. The van der Waals surface area contributed by atoms with Gasteiger partial charge < -0.3 is 0 Å². The second-order valence-corrected chi connectivity index (χ2v) is 14.5. The standard InChI is InChI=1S/C50H36/c1-31-28-29-39-42(30-31)46(41-25-15-27-44-47(41)40-24-13-14-26-43(40)50(44,2)3)35-20-9-12-23-38(35)49(39)48-36-21-10-7-18-33(36)45(32-16-5-4-6-17-32)34-19-8-11-22-37(34)48/h4-30H,1-3H3. The molecule has 0 aliphatic heterocycles. The number of benzene rings is 9. The summed E-state index contributed by atoms with van der Waals surface area (Å²) < 4.78 is 0. The first-order chi connectivity index (χ1) is 24.5. The minimum atomic E-state index is -0.0677. The van der Waals surface area contributed by atoms with Crippen molar-refractivity contribution in [2.75, 3.05) is 0 Å². The summed E-state index contributed by atoms with van der Waals surface area (Å²) in [7, 11) is 0. The highest BCUT2D eigenvalue weighted by Gasteiger charge is 2.37. The van der Waals surface area contributed by atoms with Crippen LogP contribution >= 0.6 is 0 Å². The lowest BCUT2D eigenvalue weighted by atomic mass is 9.79. The summed E-state index contributed by atoms with van der Waals surface area (Å²) in [6.45, 7) is 6.98. The third-order valence-electron chi connectivity index (χ3n) is 11.3. The van der Waals surface area contributed by atoms with Crippen molar-refractivity contribution in [3.63, 3.8) is 0 Å². The fraction of sp³-hybridized carbons (Fsp3) is 0.0800. The minimum absolute atomic E-state index is 0.0677. The van der Waals surface area contributed by atoms with Gasteiger partial charge in [0.1, 0.15) is 0 Å². The van der Waals surface area contributed by atoms with Crippen molar-refractivity contribution < 1.29 is 0 Å². The molecule has 0 saturated carbocycles. The average molecular weight is 637 g/mol. The highest BCUT2D eigenvalue weighted by atomic mass is 14.4. The van der Waals surface area contributed by atoms with Crippen molar-refractivity contribution in [2.45, 2.75) is 26.2 Å². The number of hydrogen-bond acceptors (Lipinski definition) is 0. The molecule has 0 N–H and O–H groups in total. The second kappa shape index (κ2) is 10.8. The Morgan fingerprint density at radius 2 is 0.780 bits per heavy atom. The lowest BCUT2D eigenvalue weighted by Gasteiger charge is -2.24. The predicted octanol–water partition coefficient (Wildman–Crippen LogP) is 13.9. The number of rotatable bonds is 3. The number of fused-ring (bicyclic) bond motifs is 7. The van der Waals surface area contributed by atoms with Crippen LogP contribution in [0.3, 0.4) is 0 Å². The highest BCUT2D eigenvalue weighted by Crippen LogP contribution is 2.55. The second-order valence-electron chi connectivity index (χ2n) is 14.5. The molecule has 9 aromatic rings. The Bertz CT molecular complexity index is 2780. The van der Waals surface area contributed by atoms with Crippen LogP contribution in [0.1, 0.15) is 30.5 Å². The Morgan fingerprint density at radius 3 is 1.40 bits per heavy atom. The van der Waals surface area contributed by atoms with E-state index in [0.717, 1.165) is 0 Å². The molecule has 0 spiro atoms. The van der Waals surface area contributed by atoms with Crippen molar-refractivity contribution in [2.24, 2.45) is 0 Å². The summed E-state index contributed by atoms with van der Waals surface area (Å²) in [4.78, 5) is 0. The van der Waals surface area contributed by atoms with Crippen LogP contribution in [-0.2, 0) is 5.41 Å². The van der Waals surface area contributed by atoms with Crippen LogP contribution in [0.2, 0.25) is 0 Å². The van der Waals surface area contributed by atoms with Gasteiger partial charge in [-0.15, -0.1) is 0 Å². The van der Waals surface area contributed by atoms with Crippen LogP contribution in [0.4, 0.5) is 0 Å². The Kier molecular flexibility index (Phi) is 6.24. The maximum atomic E-state index is 2.43. The maximum Gasteiger partial charge on any atom is 0.0159 e. The SMILES string of the molecule is Cc1ccc2c(-c3c4ccccc4c(-c4ccccc4)c4ccccc34)c3ccccc3c(-c3cccc4c3-c3ccccc3C4(C)C)c2c1. The smallest absolute Gasteiger partial charge is 0.0159 e. The Hall–Kier alpha value is -5.98. The molecule has 1 aliphatic rings. The maximum absolute atomic E-state index is 2.43. The van der Waals surface area contributed by atoms with E-state index in [1.165, 1.54) is 104 Å². The topological polar surface area (TPSA) is 0 Å². The van der Waals surface area contributed by atoms with E-state index < -0.39 is 0 Å². The van der Waals surface area contributed by atoms with Gasteiger partial charge in [0.15, 0.2) is 0 Å². The van der Waals surface area contributed by atoms with E-state index in [2.05, 4.69) is 185 Å². The molecule has 0 fully saturated rings. The van der Waals surface area contributed by atoms with Gasteiger partial charge in [-0.1, -0.05) is 183 Å². The molecule has 0 atom stereocenters. The Balaban J connectivity index is 1.40. The number of hydrogen-bond donors (Lipinski definition) is 0. The summed E-state index contributed by atoms with van der Waals surface area (Å²) in [5, 5.41) is 10.3. The van der Waals surface area contributed by atoms with E-state index in [9.17, 15) is 0 Å². The molecule has 50 heavy (non-hydrogen) atoms. The van der Waals surface area contributed by atoms with Crippen molar-refractivity contribution >= 4 is 43.1 Å². The quantitative estimate of drug-likeness (QED) is 0.169. The molecule has 10 rings (SSSR count). The lowest BCUT2D eigenvalue weighted by Crippen LogP contribution is -2.14. The zero-order chi connectivity index (χ0) is 33.6. The van der Waals surface area contributed by atoms with E-state index in [1.54, 1.807) is 0 Å². The molecule has 0 unspecified atom stereocenters. The fourth-order valence-corrected chi connectivity index (χ4v) is 9.13. The monoisotopic (exact) mass is 636 g/mol. The van der Waals surface area contributed by atoms with Gasteiger partial charge in [0.05, 0.1) is 0 Å². The molecule has 9 aromatic carbocycles. The first-order valence-electron chi connectivity index (χ1n) is 17.7. The first kappa shape index (κ1) is 29.0. The van der Waals surface area contributed by atoms with Crippen LogP contribution < -0.4 is 0 Å². The van der Waals surface area contributed by atoms with Gasteiger partial charge in [0.25, 0.3) is 0 Å². The highest BCUT2D eigenvalue weighted by molar-refractivity contribution is 6.30. The van der Waals surface area contributed by atoms with Gasteiger partial charge in [-0.05, 0) is 106 Å². The molecule has 236 valence electrons. The van der Waals surface area contributed by atoms with Crippen LogP contribution in [0.25, 0.3) is 87.6 Å². The molecular formula is C50H36. The molecule has 0 saturated heterocycles. The molecule has 0 aromatic heterocycles. The van der Waals surface area contributed by atoms with Gasteiger partial charge in [0.2, 0.25) is 0 Å². The van der Waals surface area contributed by atoms with E-state index in [1.807, 2.05) is 0 Å². The van der Waals surface area contributed by atoms with Crippen LogP contribution in [0, 0.1) is 6.92 Å². The molecule has 1 aliphatic carbocycles. The molecule has 0 bridgehead atoms. The van der Waals surface area contributed by atoms with Crippen LogP contribution in [0.15, 0.2) is 164 Å². The zero-order valence-corrected chi connectivity index (χ0v) is 28.6. The summed E-state index contributed by atoms with van der Waals surface area (Å²) in [5.74, 6) is 0. The van der Waals surface area contributed by atoms with Crippen LogP contribution in [-0.4, -0.2) is 0 Å². The van der Waals surface area contributed by atoms with E-state index >= 15 is 0 Å². The van der Waals surface area contributed by atoms with Gasteiger partial charge >= 0.3 is 0 Å². The third-order valence-corrected chi connectivity index (χ3v) is 11.3. The third kappa shape index (κ3) is 4.00. The fourth-order valence-electron chi connectivity index (χ4n) is 9.13. The van der Waals surface area contributed by atoms with Crippen LogP contribution in [0.5, 0.6) is 0 Å². The van der Waals surface area contributed by atoms with Crippen molar-refractivity contribution in [1.82, 2.24) is 0 Å². The summed E-state index contributed by atoms with van der Waals surface area (Å²) in [6.07, 6.45) is 0. The Labute approximate surface area is 293 Å². The normalized spacial score (nSPS) is 13.3. The first-order valence-corrected chi connectivity index (χ1v) is 17.7. The van der Waals surface area contributed by atoms with E-state index in [4.69, 9.17) is 0 Å². The predicted molar refractivity (Wildman–Crippen MR) is 215 cm³/mol. The van der Waals surface area contributed by atoms with E-state index in [-0.39, 0.29) is 5.41 Å². The van der Waals surface area contributed by atoms with Gasteiger partial charge in [-0.2, -0.15) is 0 Å². The van der Waals surface area contributed by atoms with Gasteiger partial charge in [-0.3, -0.25) is 0 Å². The van der Waals surface area contributed by atoms with Crippen molar-refractivity contribution in [3.8, 4) is 44.5 Å². The molecule has 0 heterocycles. The molecular weight excluding hydrogens is 601 g/mol. The average Bonchev–Trinajstić information content (AvgIpc) is 3.40.